The van der Waals surface area contributed by atoms with Gasteiger partial charge in [-0.25, -0.2) is 9.97 Å². The Labute approximate surface area is 158 Å². The molecule has 0 saturated carbocycles. The van der Waals surface area contributed by atoms with Crippen LogP contribution >= 0.6 is 0 Å². The topological polar surface area (TPSA) is 79.8 Å². The molecule has 1 atom stereocenters. The molecule has 2 aromatic heterocycles. The molecule has 9 heteroatoms. The average Bonchev–Trinajstić information content (AvgIpc) is 3.11. The number of halogens is 3. The molecule has 3 heterocycles. The van der Waals surface area contributed by atoms with E-state index in [1.54, 1.807) is 6.20 Å². The zero-order valence-corrected chi connectivity index (χ0v) is 14.6. The van der Waals surface area contributed by atoms with Gasteiger partial charge in [0.25, 0.3) is 0 Å². The third kappa shape index (κ3) is 3.60. The van der Waals surface area contributed by atoms with Crippen molar-refractivity contribution in [2.45, 2.75) is 12.6 Å². The first-order chi connectivity index (χ1) is 13.4. The number of alkyl halides is 3. The summed E-state index contributed by atoms with van der Waals surface area (Å²) in [4.78, 5) is 24.4. The molecule has 0 bridgehead atoms. The van der Waals surface area contributed by atoms with Crippen molar-refractivity contribution in [2.24, 2.45) is 5.92 Å². The molecule has 0 radical (unpaired) electrons. The van der Waals surface area contributed by atoms with Crippen LogP contribution in [0.25, 0.3) is 22.2 Å². The molecule has 144 valence electrons. The highest BCUT2D eigenvalue weighted by atomic mass is 19.4. The van der Waals surface area contributed by atoms with Crippen LogP contribution in [0.15, 0.2) is 42.9 Å². The maximum absolute atomic E-state index is 12.8. The molecule has 0 spiro atoms. The van der Waals surface area contributed by atoms with E-state index in [1.165, 1.54) is 24.5 Å². The van der Waals surface area contributed by atoms with E-state index >= 15 is 0 Å². The van der Waals surface area contributed by atoms with Crippen molar-refractivity contribution in [1.82, 2.24) is 20.3 Å². The summed E-state index contributed by atoms with van der Waals surface area (Å²) in [6.45, 7) is 1.16. The average molecular weight is 387 g/mol. The van der Waals surface area contributed by atoms with Crippen LogP contribution in [0.2, 0.25) is 0 Å². The lowest BCUT2D eigenvalue weighted by atomic mass is 10.0. The molecule has 2 N–H and O–H groups in total. The second-order valence-corrected chi connectivity index (χ2v) is 6.60. The molecule has 6 nitrogen and oxygen atoms in total. The third-order valence-corrected chi connectivity index (χ3v) is 4.64. The SMILES string of the molecule is O=C1C[C@@H](CNc2ncc(-c3ccc(C(F)(F)F)cc3)c3nccnc23)CN1. The van der Waals surface area contributed by atoms with Gasteiger partial charge in [-0.15, -0.1) is 0 Å². The fraction of sp³-hybridized carbons (Fsp3) is 0.263. The fourth-order valence-electron chi connectivity index (χ4n) is 3.19. The van der Waals surface area contributed by atoms with Gasteiger partial charge >= 0.3 is 6.18 Å². The number of amides is 1. The van der Waals surface area contributed by atoms with Crippen LogP contribution in [0.3, 0.4) is 0 Å². The predicted octanol–water partition coefficient (Wildman–Crippen LogP) is 3.26. The molecule has 4 rings (SSSR count). The van der Waals surface area contributed by atoms with E-state index in [0.29, 0.717) is 47.5 Å². The van der Waals surface area contributed by atoms with Crippen molar-refractivity contribution in [2.75, 3.05) is 18.4 Å². The maximum atomic E-state index is 12.8. The summed E-state index contributed by atoms with van der Waals surface area (Å²) in [6, 6.07) is 4.87. The smallest absolute Gasteiger partial charge is 0.368 e. The Morgan fingerprint density at radius 2 is 1.79 bits per heavy atom. The molecular weight excluding hydrogens is 371 g/mol. The van der Waals surface area contributed by atoms with Crippen molar-refractivity contribution in [3.8, 4) is 11.1 Å². The number of benzene rings is 1. The monoisotopic (exact) mass is 387 g/mol. The number of carbonyl (C=O) groups is 1. The predicted molar refractivity (Wildman–Crippen MR) is 97.4 cm³/mol. The normalized spacial score (nSPS) is 17.0. The second-order valence-electron chi connectivity index (χ2n) is 6.60. The lowest BCUT2D eigenvalue weighted by molar-refractivity contribution is -0.137. The van der Waals surface area contributed by atoms with E-state index < -0.39 is 11.7 Å². The minimum absolute atomic E-state index is 0.0297. The molecule has 1 aromatic carbocycles. The Hall–Kier alpha value is -3.23. The number of anilines is 1. The van der Waals surface area contributed by atoms with Gasteiger partial charge in [0.1, 0.15) is 11.0 Å². The van der Waals surface area contributed by atoms with E-state index in [-0.39, 0.29) is 11.8 Å². The summed E-state index contributed by atoms with van der Waals surface area (Å²) < 4.78 is 38.4. The molecule has 1 fully saturated rings. The molecule has 0 aliphatic carbocycles. The Bertz CT molecular complexity index is 1020. The summed E-state index contributed by atoms with van der Waals surface area (Å²) in [5, 5.41) is 5.98. The second kappa shape index (κ2) is 7.06. The molecule has 1 aliphatic heterocycles. The van der Waals surface area contributed by atoms with Gasteiger partial charge < -0.3 is 10.6 Å². The zero-order chi connectivity index (χ0) is 19.7. The minimum atomic E-state index is -4.39. The molecule has 0 unspecified atom stereocenters. The van der Waals surface area contributed by atoms with Gasteiger partial charge in [-0.05, 0) is 17.7 Å². The number of carbonyl (C=O) groups excluding carboxylic acids is 1. The molecule has 3 aromatic rings. The first-order valence-electron chi connectivity index (χ1n) is 8.70. The number of rotatable bonds is 4. The van der Waals surface area contributed by atoms with E-state index in [0.717, 1.165) is 12.1 Å². The summed E-state index contributed by atoms with van der Waals surface area (Å²) >= 11 is 0. The fourth-order valence-corrected chi connectivity index (χ4v) is 3.19. The van der Waals surface area contributed by atoms with Crippen LogP contribution in [0.4, 0.5) is 19.0 Å². The van der Waals surface area contributed by atoms with Crippen LogP contribution in [-0.4, -0.2) is 33.9 Å². The van der Waals surface area contributed by atoms with Gasteiger partial charge in [0.15, 0.2) is 5.82 Å². The maximum Gasteiger partial charge on any atom is 0.416 e. The number of hydrogen-bond donors (Lipinski definition) is 2. The van der Waals surface area contributed by atoms with Gasteiger partial charge in [-0.2, -0.15) is 13.2 Å². The summed E-state index contributed by atoms with van der Waals surface area (Å²) in [7, 11) is 0. The van der Waals surface area contributed by atoms with E-state index in [1.807, 2.05) is 0 Å². The lowest BCUT2D eigenvalue weighted by Crippen LogP contribution is -2.18. The molecule has 28 heavy (non-hydrogen) atoms. The van der Waals surface area contributed by atoms with E-state index in [4.69, 9.17) is 0 Å². The van der Waals surface area contributed by atoms with E-state index in [2.05, 4.69) is 25.6 Å². The molecule has 1 aliphatic rings. The first-order valence-corrected chi connectivity index (χ1v) is 8.70. The van der Waals surface area contributed by atoms with Crippen LogP contribution in [0.1, 0.15) is 12.0 Å². The quantitative estimate of drug-likeness (QED) is 0.718. The highest BCUT2D eigenvalue weighted by Gasteiger charge is 2.30. The molecular formula is C19H16F3N5O. The largest absolute Gasteiger partial charge is 0.416 e. The van der Waals surface area contributed by atoms with Crippen molar-refractivity contribution in [3.05, 3.63) is 48.4 Å². The number of fused-ring (bicyclic) bond motifs is 1. The third-order valence-electron chi connectivity index (χ3n) is 4.64. The molecule has 1 saturated heterocycles. The highest BCUT2D eigenvalue weighted by Crippen LogP contribution is 2.33. The Morgan fingerprint density at radius 3 is 2.43 bits per heavy atom. The van der Waals surface area contributed by atoms with Crippen LogP contribution in [-0.2, 0) is 11.0 Å². The van der Waals surface area contributed by atoms with Crippen LogP contribution in [0.5, 0.6) is 0 Å². The summed E-state index contributed by atoms with van der Waals surface area (Å²) in [5.74, 6) is 0.718. The summed E-state index contributed by atoms with van der Waals surface area (Å²) in [5.41, 5.74) is 1.53. The Morgan fingerprint density at radius 1 is 1.07 bits per heavy atom. The Kier molecular flexibility index (Phi) is 4.58. The van der Waals surface area contributed by atoms with Gasteiger partial charge in [0.2, 0.25) is 5.91 Å². The van der Waals surface area contributed by atoms with Gasteiger partial charge in [-0.3, -0.25) is 9.78 Å². The number of hydrogen-bond acceptors (Lipinski definition) is 5. The van der Waals surface area contributed by atoms with Crippen molar-refractivity contribution in [3.63, 3.8) is 0 Å². The minimum Gasteiger partial charge on any atom is -0.368 e. The highest BCUT2D eigenvalue weighted by molar-refractivity contribution is 5.96. The number of aromatic nitrogens is 3. The van der Waals surface area contributed by atoms with Gasteiger partial charge in [-0.1, -0.05) is 12.1 Å². The number of nitrogens with one attached hydrogen (secondary N) is 2. The lowest BCUT2D eigenvalue weighted by Gasteiger charge is -2.13. The number of nitrogens with zero attached hydrogens (tertiary/aromatic N) is 3. The first kappa shape index (κ1) is 18.1. The molecule has 1 amide bonds. The number of pyridine rings is 1. The van der Waals surface area contributed by atoms with Gasteiger partial charge in [0, 0.05) is 49.6 Å². The standard InChI is InChI=1S/C19H16F3N5O/c20-19(21,22)13-3-1-12(2-4-13)14-10-27-18(17-16(14)23-5-6-24-17)26-9-11-7-15(28)25-8-11/h1-6,10-11H,7-9H2,(H,25,28)(H,26,27)/t11-/m1/s1. The van der Waals surface area contributed by atoms with Crippen LogP contribution < -0.4 is 10.6 Å². The van der Waals surface area contributed by atoms with Gasteiger partial charge in [0.05, 0.1) is 5.56 Å². The van der Waals surface area contributed by atoms with Crippen molar-refractivity contribution >= 4 is 22.8 Å². The van der Waals surface area contributed by atoms with Crippen molar-refractivity contribution < 1.29 is 18.0 Å². The zero-order valence-electron chi connectivity index (χ0n) is 14.6. The Balaban J connectivity index is 1.65. The van der Waals surface area contributed by atoms with E-state index in [9.17, 15) is 18.0 Å². The van der Waals surface area contributed by atoms with Crippen LogP contribution in [0, 0.1) is 5.92 Å². The van der Waals surface area contributed by atoms with Crippen molar-refractivity contribution in [1.29, 1.82) is 0 Å². The summed E-state index contributed by atoms with van der Waals surface area (Å²) in [6.07, 6.45) is 0.703.